The van der Waals surface area contributed by atoms with Crippen LogP contribution in [-0.2, 0) is 15.7 Å². The molecule has 0 bridgehead atoms. The molecule has 1 unspecified atom stereocenters. The van der Waals surface area contributed by atoms with E-state index in [2.05, 4.69) is 0 Å². The number of likely N-dealkylation sites (tertiary alicyclic amines) is 1. The van der Waals surface area contributed by atoms with Crippen molar-refractivity contribution in [2.24, 2.45) is 0 Å². The maximum absolute atomic E-state index is 13.0. The molecule has 1 aromatic carbocycles. The summed E-state index contributed by atoms with van der Waals surface area (Å²) >= 11 is 0. The predicted molar refractivity (Wildman–Crippen MR) is 110 cm³/mol. The van der Waals surface area contributed by atoms with Gasteiger partial charge in [0.1, 0.15) is 11.6 Å². The summed E-state index contributed by atoms with van der Waals surface area (Å²) in [6.07, 6.45) is -3.70. The second kappa shape index (κ2) is 8.99. The topological polar surface area (TPSA) is 70.2 Å². The van der Waals surface area contributed by atoms with Gasteiger partial charge in [-0.3, -0.25) is 14.5 Å². The molecule has 7 nitrogen and oxygen atoms in total. The number of piperazine rings is 1. The molecule has 1 aromatic rings. The highest BCUT2D eigenvalue weighted by molar-refractivity contribution is 5.94. The van der Waals surface area contributed by atoms with E-state index in [0.29, 0.717) is 32.5 Å². The number of alkyl halides is 3. The molecule has 0 aromatic heterocycles. The second-order valence-corrected chi connectivity index (χ2v) is 9.02. The fraction of sp³-hybridized carbons (Fsp3) is 0.591. The smallest absolute Gasteiger partial charge is 0.416 e. The number of halogens is 3. The number of benzene rings is 1. The Balaban J connectivity index is 1.57. The summed E-state index contributed by atoms with van der Waals surface area (Å²) in [5.41, 5.74) is -1.29. The number of hydrogen-bond donors (Lipinski definition) is 0. The molecule has 0 N–H and O–H groups in total. The number of rotatable bonds is 2. The van der Waals surface area contributed by atoms with Crippen LogP contribution in [0.5, 0.6) is 0 Å². The van der Waals surface area contributed by atoms with Crippen LogP contribution in [-0.4, -0.2) is 77.0 Å². The van der Waals surface area contributed by atoms with Gasteiger partial charge in [-0.2, -0.15) is 13.2 Å². The molecule has 0 saturated carbocycles. The molecule has 2 heterocycles. The van der Waals surface area contributed by atoms with Gasteiger partial charge in [0, 0.05) is 38.3 Å². The standard InChI is InChI=1S/C22H28F3N3O4/c1-21(2,3)32-20(31)28-10-4-5-17(28)19(30)27-13-11-26(12-14-27)18(29)15-6-8-16(9-7-15)22(23,24)25/h6-9,17H,4-5,10-14H2,1-3H3. The molecule has 176 valence electrons. The minimum Gasteiger partial charge on any atom is -0.444 e. The van der Waals surface area contributed by atoms with Gasteiger partial charge in [0.15, 0.2) is 0 Å². The summed E-state index contributed by atoms with van der Waals surface area (Å²) in [6.45, 7) is 6.89. The summed E-state index contributed by atoms with van der Waals surface area (Å²) in [6, 6.07) is 3.53. The van der Waals surface area contributed by atoms with Crippen LogP contribution in [0.1, 0.15) is 49.5 Å². The lowest BCUT2D eigenvalue weighted by Crippen LogP contribution is -2.55. The highest BCUT2D eigenvalue weighted by Gasteiger charge is 2.39. The third-order valence-electron chi connectivity index (χ3n) is 5.50. The highest BCUT2D eigenvalue weighted by atomic mass is 19.4. The zero-order chi connectivity index (χ0) is 23.7. The van der Waals surface area contributed by atoms with Crippen molar-refractivity contribution in [2.75, 3.05) is 32.7 Å². The third-order valence-corrected chi connectivity index (χ3v) is 5.50. The largest absolute Gasteiger partial charge is 0.444 e. The quantitative estimate of drug-likeness (QED) is 0.686. The molecule has 0 aliphatic carbocycles. The van der Waals surface area contributed by atoms with E-state index in [0.717, 1.165) is 12.1 Å². The van der Waals surface area contributed by atoms with E-state index in [9.17, 15) is 27.6 Å². The first-order valence-electron chi connectivity index (χ1n) is 10.6. The van der Waals surface area contributed by atoms with Gasteiger partial charge in [-0.05, 0) is 57.9 Å². The predicted octanol–water partition coefficient (Wildman–Crippen LogP) is 3.39. The molecule has 2 aliphatic rings. The van der Waals surface area contributed by atoms with Crippen LogP contribution in [0.2, 0.25) is 0 Å². The molecular formula is C22H28F3N3O4. The number of carbonyl (C=O) groups excluding carboxylic acids is 3. The molecule has 0 radical (unpaired) electrons. The summed E-state index contributed by atoms with van der Waals surface area (Å²) in [5, 5.41) is 0. The molecule has 2 fully saturated rings. The Hall–Kier alpha value is -2.78. The van der Waals surface area contributed by atoms with Crippen molar-refractivity contribution in [3.8, 4) is 0 Å². The van der Waals surface area contributed by atoms with Crippen LogP contribution in [0.25, 0.3) is 0 Å². The van der Waals surface area contributed by atoms with Gasteiger partial charge in [0.05, 0.1) is 5.56 Å². The maximum atomic E-state index is 13.0. The van der Waals surface area contributed by atoms with Gasteiger partial charge in [-0.15, -0.1) is 0 Å². The van der Waals surface area contributed by atoms with Crippen LogP contribution in [0, 0.1) is 0 Å². The van der Waals surface area contributed by atoms with Crippen molar-refractivity contribution >= 4 is 17.9 Å². The van der Waals surface area contributed by atoms with Gasteiger partial charge >= 0.3 is 12.3 Å². The van der Waals surface area contributed by atoms with E-state index in [1.165, 1.54) is 21.9 Å². The monoisotopic (exact) mass is 455 g/mol. The average Bonchev–Trinajstić information content (AvgIpc) is 3.21. The minimum absolute atomic E-state index is 0.171. The number of amides is 3. The van der Waals surface area contributed by atoms with E-state index >= 15 is 0 Å². The van der Waals surface area contributed by atoms with Gasteiger partial charge in [0.25, 0.3) is 5.91 Å². The van der Waals surface area contributed by atoms with Crippen molar-refractivity contribution in [3.63, 3.8) is 0 Å². The summed E-state index contributed by atoms with van der Waals surface area (Å²) < 4.78 is 43.6. The van der Waals surface area contributed by atoms with Crippen molar-refractivity contribution in [1.29, 1.82) is 0 Å². The van der Waals surface area contributed by atoms with Crippen LogP contribution in [0.4, 0.5) is 18.0 Å². The summed E-state index contributed by atoms with van der Waals surface area (Å²) in [7, 11) is 0. The third kappa shape index (κ3) is 5.52. The van der Waals surface area contributed by atoms with Crippen LogP contribution in [0.3, 0.4) is 0 Å². The van der Waals surface area contributed by atoms with Gasteiger partial charge in [0.2, 0.25) is 5.91 Å². The van der Waals surface area contributed by atoms with Crippen molar-refractivity contribution in [3.05, 3.63) is 35.4 Å². The number of ether oxygens (including phenoxy) is 1. The molecule has 3 amide bonds. The normalized spacial score (nSPS) is 19.8. The van der Waals surface area contributed by atoms with Crippen molar-refractivity contribution in [2.45, 2.75) is 51.4 Å². The zero-order valence-corrected chi connectivity index (χ0v) is 18.4. The molecule has 10 heteroatoms. The Morgan fingerprint density at radius 1 is 0.906 bits per heavy atom. The summed E-state index contributed by atoms with van der Waals surface area (Å²) in [4.78, 5) is 42.7. The molecule has 0 spiro atoms. The Morgan fingerprint density at radius 3 is 2.00 bits per heavy atom. The average molecular weight is 455 g/mol. The lowest BCUT2D eigenvalue weighted by molar-refractivity contribution is -0.138. The molecule has 1 atom stereocenters. The van der Waals surface area contributed by atoms with E-state index < -0.39 is 29.5 Å². The fourth-order valence-corrected chi connectivity index (χ4v) is 3.89. The lowest BCUT2D eigenvalue weighted by atomic mass is 10.1. The first-order valence-corrected chi connectivity index (χ1v) is 10.6. The van der Waals surface area contributed by atoms with Crippen LogP contribution >= 0.6 is 0 Å². The highest BCUT2D eigenvalue weighted by Crippen LogP contribution is 2.29. The number of hydrogen-bond acceptors (Lipinski definition) is 4. The van der Waals surface area contributed by atoms with Crippen LogP contribution < -0.4 is 0 Å². The Bertz CT molecular complexity index is 857. The van der Waals surface area contributed by atoms with Crippen LogP contribution in [0.15, 0.2) is 24.3 Å². The Kier molecular flexibility index (Phi) is 6.71. The van der Waals surface area contributed by atoms with E-state index in [1.807, 2.05) is 0 Å². The molecule has 2 aliphatic heterocycles. The Morgan fingerprint density at radius 2 is 1.47 bits per heavy atom. The second-order valence-electron chi connectivity index (χ2n) is 9.02. The zero-order valence-electron chi connectivity index (χ0n) is 18.4. The number of carbonyl (C=O) groups is 3. The fourth-order valence-electron chi connectivity index (χ4n) is 3.89. The molecular weight excluding hydrogens is 427 g/mol. The maximum Gasteiger partial charge on any atom is 0.416 e. The summed E-state index contributed by atoms with van der Waals surface area (Å²) in [5.74, 6) is -0.544. The van der Waals surface area contributed by atoms with Gasteiger partial charge < -0.3 is 14.5 Å². The first-order chi connectivity index (χ1) is 14.9. The van der Waals surface area contributed by atoms with E-state index in [4.69, 9.17) is 4.74 Å². The number of nitrogens with zero attached hydrogens (tertiary/aromatic N) is 3. The van der Waals surface area contributed by atoms with E-state index in [-0.39, 0.29) is 30.5 Å². The molecule has 32 heavy (non-hydrogen) atoms. The SMILES string of the molecule is CC(C)(C)OC(=O)N1CCCC1C(=O)N1CCN(C(=O)c2ccc(C(F)(F)F)cc2)CC1. The van der Waals surface area contributed by atoms with Crippen molar-refractivity contribution in [1.82, 2.24) is 14.7 Å². The molecule has 3 rings (SSSR count). The lowest BCUT2D eigenvalue weighted by Gasteiger charge is -2.37. The van der Waals surface area contributed by atoms with Gasteiger partial charge in [-0.1, -0.05) is 0 Å². The first kappa shape index (κ1) is 23.9. The minimum atomic E-state index is -4.46. The molecule has 2 saturated heterocycles. The van der Waals surface area contributed by atoms with Gasteiger partial charge in [-0.25, -0.2) is 4.79 Å². The Labute approximate surface area is 185 Å². The van der Waals surface area contributed by atoms with E-state index in [1.54, 1.807) is 25.7 Å². The van der Waals surface area contributed by atoms with Crippen molar-refractivity contribution < 1.29 is 32.3 Å².